The van der Waals surface area contributed by atoms with Crippen LogP contribution in [0.3, 0.4) is 0 Å². The van der Waals surface area contributed by atoms with E-state index < -0.39 is 0 Å². The van der Waals surface area contributed by atoms with Crippen molar-refractivity contribution in [2.45, 2.75) is 13.0 Å². The highest BCUT2D eigenvalue weighted by atomic mass is 19.1. The van der Waals surface area contributed by atoms with Gasteiger partial charge >= 0.3 is 0 Å². The Bertz CT molecular complexity index is 433. The first-order valence-corrected chi connectivity index (χ1v) is 6.52. The zero-order valence-electron chi connectivity index (χ0n) is 11.1. The zero-order valence-corrected chi connectivity index (χ0v) is 11.1. The summed E-state index contributed by atoms with van der Waals surface area (Å²) in [5, 5.41) is 3.06. The van der Waals surface area contributed by atoms with E-state index in [0.29, 0.717) is 31.9 Å². The standard InChI is InChI=1S/C14H19FN2O2/c1-11(12-4-2-3-5-13(12)15)16-10-14(18)17-6-8-19-9-7-17/h2-5,11,16H,6-10H2,1H3/t11-/m1/s1. The van der Waals surface area contributed by atoms with Crippen LogP contribution in [0.25, 0.3) is 0 Å². The summed E-state index contributed by atoms with van der Waals surface area (Å²) in [7, 11) is 0. The van der Waals surface area contributed by atoms with Gasteiger partial charge in [0, 0.05) is 24.7 Å². The molecule has 19 heavy (non-hydrogen) atoms. The van der Waals surface area contributed by atoms with Gasteiger partial charge in [-0.05, 0) is 13.0 Å². The molecule has 0 aromatic heterocycles. The van der Waals surface area contributed by atoms with Gasteiger partial charge in [-0.25, -0.2) is 4.39 Å². The molecule has 1 N–H and O–H groups in total. The number of rotatable bonds is 4. The number of benzene rings is 1. The molecule has 1 aliphatic heterocycles. The minimum absolute atomic E-state index is 0.0338. The van der Waals surface area contributed by atoms with Crippen molar-refractivity contribution in [3.63, 3.8) is 0 Å². The lowest BCUT2D eigenvalue weighted by molar-refractivity contribution is -0.134. The molecule has 4 nitrogen and oxygen atoms in total. The van der Waals surface area contributed by atoms with E-state index in [1.807, 2.05) is 6.92 Å². The van der Waals surface area contributed by atoms with Gasteiger partial charge in [0.2, 0.25) is 5.91 Å². The lowest BCUT2D eigenvalue weighted by Crippen LogP contribution is -2.45. The summed E-state index contributed by atoms with van der Waals surface area (Å²) < 4.78 is 18.8. The second-order valence-corrected chi connectivity index (χ2v) is 4.62. The van der Waals surface area contributed by atoms with Crippen LogP contribution < -0.4 is 5.32 Å². The van der Waals surface area contributed by atoms with Crippen LogP contribution in [0.4, 0.5) is 4.39 Å². The highest BCUT2D eigenvalue weighted by molar-refractivity contribution is 5.78. The van der Waals surface area contributed by atoms with Crippen molar-refractivity contribution < 1.29 is 13.9 Å². The zero-order chi connectivity index (χ0) is 13.7. The molecule has 0 radical (unpaired) electrons. The van der Waals surface area contributed by atoms with Crippen LogP contribution in [0.2, 0.25) is 0 Å². The Morgan fingerprint density at radius 2 is 2.11 bits per heavy atom. The maximum atomic E-state index is 13.6. The largest absolute Gasteiger partial charge is 0.378 e. The van der Waals surface area contributed by atoms with Gasteiger partial charge < -0.3 is 15.0 Å². The highest BCUT2D eigenvalue weighted by Gasteiger charge is 2.18. The maximum absolute atomic E-state index is 13.6. The third-order valence-electron chi connectivity index (χ3n) is 3.29. The fourth-order valence-corrected chi connectivity index (χ4v) is 2.10. The van der Waals surface area contributed by atoms with E-state index in [-0.39, 0.29) is 24.3 Å². The van der Waals surface area contributed by atoms with E-state index in [1.54, 1.807) is 23.1 Å². The molecule has 0 unspecified atom stereocenters. The lowest BCUT2D eigenvalue weighted by Gasteiger charge is -2.27. The SMILES string of the molecule is C[C@@H](NCC(=O)N1CCOCC1)c1ccccc1F. The van der Waals surface area contributed by atoms with Crippen LogP contribution in [-0.4, -0.2) is 43.7 Å². The number of ether oxygens (including phenoxy) is 1. The Kier molecular flexibility index (Phi) is 4.87. The Morgan fingerprint density at radius 3 is 2.79 bits per heavy atom. The fraction of sp³-hybridized carbons (Fsp3) is 0.500. The molecular formula is C14H19FN2O2. The molecule has 5 heteroatoms. The van der Waals surface area contributed by atoms with Gasteiger partial charge in [0.05, 0.1) is 19.8 Å². The van der Waals surface area contributed by atoms with Gasteiger partial charge in [0.1, 0.15) is 5.82 Å². The highest BCUT2D eigenvalue weighted by Crippen LogP contribution is 2.15. The molecule has 1 saturated heterocycles. The molecule has 0 aliphatic carbocycles. The third-order valence-corrected chi connectivity index (χ3v) is 3.29. The van der Waals surface area contributed by atoms with E-state index in [9.17, 15) is 9.18 Å². The number of nitrogens with one attached hydrogen (secondary N) is 1. The topological polar surface area (TPSA) is 41.6 Å². The molecule has 1 fully saturated rings. The Morgan fingerprint density at radius 1 is 1.42 bits per heavy atom. The summed E-state index contributed by atoms with van der Waals surface area (Å²) in [4.78, 5) is 13.7. The lowest BCUT2D eigenvalue weighted by atomic mass is 10.1. The van der Waals surface area contributed by atoms with Crippen molar-refractivity contribution in [1.82, 2.24) is 10.2 Å². The number of carbonyl (C=O) groups excluding carboxylic acids is 1. The molecule has 2 rings (SSSR count). The minimum Gasteiger partial charge on any atom is -0.378 e. The Labute approximate surface area is 112 Å². The van der Waals surface area contributed by atoms with Crippen molar-refractivity contribution in [3.05, 3.63) is 35.6 Å². The van der Waals surface area contributed by atoms with E-state index >= 15 is 0 Å². The third kappa shape index (κ3) is 3.75. The van der Waals surface area contributed by atoms with Crippen LogP contribution in [0.5, 0.6) is 0 Å². The first kappa shape index (κ1) is 14.0. The average Bonchev–Trinajstić information content (AvgIpc) is 2.46. The predicted octanol–water partition coefficient (Wildman–Crippen LogP) is 1.34. The molecule has 0 bridgehead atoms. The molecule has 1 amide bonds. The van der Waals surface area contributed by atoms with Gasteiger partial charge in [-0.1, -0.05) is 18.2 Å². The Balaban J connectivity index is 1.84. The molecular weight excluding hydrogens is 247 g/mol. The van der Waals surface area contributed by atoms with Gasteiger partial charge in [0.15, 0.2) is 0 Å². The van der Waals surface area contributed by atoms with Crippen LogP contribution in [0.1, 0.15) is 18.5 Å². The van der Waals surface area contributed by atoms with E-state index in [1.165, 1.54) is 6.07 Å². The molecule has 1 atom stereocenters. The van der Waals surface area contributed by atoms with Gasteiger partial charge in [-0.15, -0.1) is 0 Å². The molecule has 1 aliphatic rings. The number of hydrogen-bond acceptors (Lipinski definition) is 3. The normalized spacial score (nSPS) is 17.3. The smallest absolute Gasteiger partial charge is 0.236 e. The number of hydrogen-bond donors (Lipinski definition) is 1. The van der Waals surface area contributed by atoms with Crippen molar-refractivity contribution in [2.24, 2.45) is 0 Å². The van der Waals surface area contributed by atoms with Crippen molar-refractivity contribution >= 4 is 5.91 Å². The summed E-state index contributed by atoms with van der Waals surface area (Å²) in [6.07, 6.45) is 0. The molecule has 1 aromatic rings. The molecule has 0 saturated carbocycles. The summed E-state index contributed by atoms with van der Waals surface area (Å²) >= 11 is 0. The van der Waals surface area contributed by atoms with Crippen LogP contribution in [0, 0.1) is 5.82 Å². The number of halogens is 1. The maximum Gasteiger partial charge on any atom is 0.236 e. The Hall–Kier alpha value is -1.46. The van der Waals surface area contributed by atoms with Gasteiger partial charge in [-0.3, -0.25) is 4.79 Å². The molecule has 1 heterocycles. The van der Waals surface area contributed by atoms with E-state index in [4.69, 9.17) is 4.74 Å². The minimum atomic E-state index is -0.249. The quantitative estimate of drug-likeness (QED) is 0.894. The van der Waals surface area contributed by atoms with Crippen molar-refractivity contribution in [1.29, 1.82) is 0 Å². The van der Waals surface area contributed by atoms with E-state index in [2.05, 4.69) is 5.32 Å². The number of nitrogens with zero attached hydrogens (tertiary/aromatic N) is 1. The molecule has 0 spiro atoms. The van der Waals surface area contributed by atoms with Crippen LogP contribution in [-0.2, 0) is 9.53 Å². The summed E-state index contributed by atoms with van der Waals surface area (Å²) in [5.41, 5.74) is 0.581. The monoisotopic (exact) mass is 266 g/mol. The van der Waals surface area contributed by atoms with Gasteiger partial charge in [0.25, 0.3) is 0 Å². The summed E-state index contributed by atoms with van der Waals surface area (Å²) in [6, 6.07) is 6.42. The number of morpholine rings is 1. The number of carbonyl (C=O) groups is 1. The van der Waals surface area contributed by atoms with E-state index in [0.717, 1.165) is 0 Å². The average molecular weight is 266 g/mol. The predicted molar refractivity (Wildman–Crippen MR) is 70.2 cm³/mol. The van der Waals surface area contributed by atoms with Crippen LogP contribution >= 0.6 is 0 Å². The second-order valence-electron chi connectivity index (χ2n) is 4.62. The summed E-state index contributed by atoms with van der Waals surface area (Å²) in [6.45, 7) is 4.52. The molecule has 104 valence electrons. The van der Waals surface area contributed by atoms with Crippen molar-refractivity contribution in [3.8, 4) is 0 Å². The summed E-state index contributed by atoms with van der Waals surface area (Å²) in [5.74, 6) is -0.215. The van der Waals surface area contributed by atoms with Gasteiger partial charge in [-0.2, -0.15) is 0 Å². The fourth-order valence-electron chi connectivity index (χ4n) is 2.10. The first-order valence-electron chi connectivity index (χ1n) is 6.52. The first-order chi connectivity index (χ1) is 9.18. The second kappa shape index (κ2) is 6.63. The molecule has 1 aromatic carbocycles. The number of amides is 1. The van der Waals surface area contributed by atoms with Crippen molar-refractivity contribution in [2.75, 3.05) is 32.8 Å². The van der Waals surface area contributed by atoms with Crippen LogP contribution in [0.15, 0.2) is 24.3 Å².